The molecule has 0 aromatic heterocycles. The van der Waals surface area contributed by atoms with E-state index < -0.39 is 11.7 Å². The molecule has 1 aromatic carbocycles. The number of hydrogen-bond acceptors (Lipinski definition) is 0. The van der Waals surface area contributed by atoms with E-state index in [0.717, 1.165) is 17.7 Å². The molecule has 1 aromatic rings. The molecule has 0 bridgehead atoms. The van der Waals surface area contributed by atoms with Crippen LogP contribution in [-0.4, -0.2) is 0 Å². The average Bonchev–Trinajstić information content (AvgIpc) is 2.16. The van der Waals surface area contributed by atoms with E-state index in [1.54, 1.807) is 4.99 Å². The molecular formula is C12H12BrF3. The van der Waals surface area contributed by atoms with Crippen LogP contribution >= 0.6 is 15.9 Å². The summed E-state index contributed by atoms with van der Waals surface area (Å²) in [7, 11) is 0. The Kier molecular flexibility index (Phi) is 3.84. The minimum Gasteiger partial charge on any atom is -0.166 e. The second-order valence-electron chi connectivity index (χ2n) is 4.09. The van der Waals surface area contributed by atoms with E-state index in [9.17, 15) is 13.2 Å². The number of rotatable bonds is 2. The van der Waals surface area contributed by atoms with Gasteiger partial charge in [0.2, 0.25) is 0 Å². The monoisotopic (exact) mass is 292 g/mol. The molecule has 16 heavy (non-hydrogen) atoms. The lowest BCUT2D eigenvalue weighted by molar-refractivity contribution is -0.137. The van der Waals surface area contributed by atoms with E-state index in [0.29, 0.717) is 0 Å². The minimum absolute atomic E-state index is 0.284. The van der Waals surface area contributed by atoms with E-state index in [-0.39, 0.29) is 5.41 Å². The highest BCUT2D eigenvalue weighted by Crippen LogP contribution is 2.32. The van der Waals surface area contributed by atoms with Crippen LogP contribution in [0, 0.1) is 0 Å². The zero-order chi connectivity index (χ0) is 12.4. The third-order valence-corrected chi connectivity index (χ3v) is 2.70. The van der Waals surface area contributed by atoms with Crippen LogP contribution in [0.15, 0.2) is 35.3 Å². The van der Waals surface area contributed by atoms with Crippen molar-refractivity contribution in [2.75, 3.05) is 0 Å². The Bertz CT molecular complexity index is 374. The van der Waals surface area contributed by atoms with Crippen molar-refractivity contribution < 1.29 is 13.2 Å². The van der Waals surface area contributed by atoms with E-state index in [1.807, 2.05) is 19.9 Å². The van der Waals surface area contributed by atoms with Gasteiger partial charge in [-0.1, -0.05) is 48.0 Å². The summed E-state index contributed by atoms with van der Waals surface area (Å²) in [6.45, 7) is 3.88. The molecule has 0 radical (unpaired) electrons. The van der Waals surface area contributed by atoms with Crippen molar-refractivity contribution in [3.05, 3.63) is 46.5 Å². The maximum Gasteiger partial charge on any atom is 0.416 e. The van der Waals surface area contributed by atoms with Gasteiger partial charge in [-0.05, 0) is 22.7 Å². The Morgan fingerprint density at radius 2 is 1.44 bits per heavy atom. The fraction of sp³-hybridized carbons (Fsp3) is 0.333. The molecule has 0 aliphatic rings. The van der Waals surface area contributed by atoms with Gasteiger partial charge in [0.25, 0.3) is 0 Å². The van der Waals surface area contributed by atoms with Gasteiger partial charge in [-0.2, -0.15) is 13.2 Å². The molecule has 4 heteroatoms. The predicted octanol–water partition coefficient (Wildman–Crippen LogP) is 4.89. The molecule has 0 amide bonds. The summed E-state index contributed by atoms with van der Waals surface area (Å²) in [6.07, 6.45) is -2.39. The highest BCUT2D eigenvalue weighted by Gasteiger charge is 2.30. The standard InChI is InChI=1S/C12H12BrF3/c1-11(2,7-8-13)9-3-5-10(6-4-9)12(14,15)16/h3-8H,1-2H3/b8-7+. The van der Waals surface area contributed by atoms with Crippen LogP contribution in [0.5, 0.6) is 0 Å². The lowest BCUT2D eigenvalue weighted by atomic mass is 9.84. The molecule has 0 nitrogen and oxygen atoms in total. The summed E-state index contributed by atoms with van der Waals surface area (Å²) in [4.78, 5) is 1.71. The Morgan fingerprint density at radius 1 is 1.00 bits per heavy atom. The fourth-order valence-electron chi connectivity index (χ4n) is 1.34. The normalized spacial score (nSPS) is 13.4. The van der Waals surface area contributed by atoms with E-state index in [4.69, 9.17) is 0 Å². The molecule has 0 saturated heterocycles. The number of hydrogen-bond donors (Lipinski definition) is 0. The van der Waals surface area contributed by atoms with Crippen LogP contribution in [0.25, 0.3) is 0 Å². The topological polar surface area (TPSA) is 0 Å². The van der Waals surface area contributed by atoms with E-state index in [2.05, 4.69) is 15.9 Å². The Morgan fingerprint density at radius 3 is 1.81 bits per heavy atom. The number of alkyl halides is 3. The van der Waals surface area contributed by atoms with Gasteiger partial charge in [-0.3, -0.25) is 0 Å². The maximum atomic E-state index is 12.3. The Labute approximate surface area is 101 Å². The lowest BCUT2D eigenvalue weighted by Crippen LogP contribution is -2.14. The molecule has 0 unspecified atom stereocenters. The quantitative estimate of drug-likeness (QED) is 0.728. The molecule has 0 N–H and O–H groups in total. The predicted molar refractivity (Wildman–Crippen MR) is 62.5 cm³/mol. The second-order valence-corrected chi connectivity index (χ2v) is 4.62. The summed E-state index contributed by atoms with van der Waals surface area (Å²) < 4.78 is 37.0. The first-order valence-electron chi connectivity index (χ1n) is 4.73. The van der Waals surface area contributed by atoms with Crippen molar-refractivity contribution in [3.63, 3.8) is 0 Å². The third kappa shape index (κ3) is 3.11. The summed E-state index contributed by atoms with van der Waals surface area (Å²) in [6, 6.07) is 5.24. The van der Waals surface area contributed by atoms with Crippen LogP contribution in [0.3, 0.4) is 0 Å². The maximum absolute atomic E-state index is 12.3. The highest BCUT2D eigenvalue weighted by molar-refractivity contribution is 9.11. The van der Waals surface area contributed by atoms with Crippen molar-refractivity contribution in [3.8, 4) is 0 Å². The van der Waals surface area contributed by atoms with Gasteiger partial charge in [-0.25, -0.2) is 0 Å². The largest absolute Gasteiger partial charge is 0.416 e. The van der Waals surface area contributed by atoms with Crippen LogP contribution in [0.2, 0.25) is 0 Å². The molecule has 88 valence electrons. The van der Waals surface area contributed by atoms with Gasteiger partial charge < -0.3 is 0 Å². The molecule has 0 aliphatic heterocycles. The van der Waals surface area contributed by atoms with Gasteiger partial charge in [0, 0.05) is 5.41 Å². The highest BCUT2D eigenvalue weighted by atomic mass is 79.9. The van der Waals surface area contributed by atoms with Crippen molar-refractivity contribution in [2.24, 2.45) is 0 Å². The average molecular weight is 293 g/mol. The summed E-state index contributed by atoms with van der Waals surface area (Å²) in [5, 5.41) is 0. The van der Waals surface area contributed by atoms with Gasteiger partial charge >= 0.3 is 6.18 Å². The minimum atomic E-state index is -4.27. The van der Waals surface area contributed by atoms with Gasteiger partial charge in [-0.15, -0.1) is 0 Å². The molecule has 1 rings (SSSR count). The third-order valence-electron chi connectivity index (χ3n) is 2.44. The van der Waals surface area contributed by atoms with Gasteiger partial charge in [0.05, 0.1) is 5.56 Å². The molecule has 0 atom stereocenters. The van der Waals surface area contributed by atoms with Gasteiger partial charge in [0.1, 0.15) is 0 Å². The molecule has 0 spiro atoms. The Hall–Kier alpha value is -0.770. The fourth-order valence-corrected chi connectivity index (χ4v) is 2.00. The lowest BCUT2D eigenvalue weighted by Gasteiger charge is -2.21. The SMILES string of the molecule is CC(C)(/C=C/Br)c1ccc(C(F)(F)F)cc1. The van der Waals surface area contributed by atoms with Crippen LogP contribution in [0.1, 0.15) is 25.0 Å². The molecule has 0 saturated carbocycles. The van der Waals surface area contributed by atoms with Crippen molar-refractivity contribution in [2.45, 2.75) is 25.4 Å². The number of allylic oxidation sites excluding steroid dienone is 1. The first-order chi connectivity index (χ1) is 7.27. The van der Waals surface area contributed by atoms with Crippen LogP contribution in [-0.2, 0) is 11.6 Å². The van der Waals surface area contributed by atoms with Gasteiger partial charge in [0.15, 0.2) is 0 Å². The van der Waals surface area contributed by atoms with E-state index >= 15 is 0 Å². The molecule has 0 aliphatic carbocycles. The summed E-state index contributed by atoms with van der Waals surface area (Å²) in [5.41, 5.74) is -0.0563. The van der Waals surface area contributed by atoms with Crippen molar-refractivity contribution in [1.29, 1.82) is 0 Å². The number of halogens is 4. The smallest absolute Gasteiger partial charge is 0.166 e. The van der Waals surface area contributed by atoms with Crippen molar-refractivity contribution >= 4 is 15.9 Å². The van der Waals surface area contributed by atoms with Crippen molar-refractivity contribution in [1.82, 2.24) is 0 Å². The first kappa shape index (κ1) is 13.3. The number of benzene rings is 1. The van der Waals surface area contributed by atoms with Crippen LogP contribution < -0.4 is 0 Å². The summed E-state index contributed by atoms with van der Waals surface area (Å²) in [5.74, 6) is 0. The summed E-state index contributed by atoms with van der Waals surface area (Å²) >= 11 is 3.17. The zero-order valence-electron chi connectivity index (χ0n) is 8.98. The molecular weight excluding hydrogens is 281 g/mol. The van der Waals surface area contributed by atoms with Crippen LogP contribution in [0.4, 0.5) is 13.2 Å². The zero-order valence-corrected chi connectivity index (χ0v) is 10.6. The molecule has 0 heterocycles. The van der Waals surface area contributed by atoms with E-state index in [1.165, 1.54) is 12.1 Å². The first-order valence-corrected chi connectivity index (χ1v) is 5.64. The Balaban J connectivity index is 3.04. The molecule has 0 fully saturated rings. The second kappa shape index (κ2) is 4.62.